The molecule has 2 N–H and O–H groups in total. The summed E-state index contributed by atoms with van der Waals surface area (Å²) in [5.74, 6) is 0.105. The number of nitrogens with zero attached hydrogens (tertiary/aromatic N) is 1. The topological polar surface area (TPSA) is 44.4 Å². The summed E-state index contributed by atoms with van der Waals surface area (Å²) < 4.78 is 0. The van der Waals surface area contributed by atoms with Crippen LogP contribution in [-0.2, 0) is 11.3 Å². The molecule has 2 aromatic carbocycles. The number of rotatable bonds is 8. The third-order valence-electron chi connectivity index (χ3n) is 5.17. The Hall–Kier alpha value is -2.17. The van der Waals surface area contributed by atoms with Crippen LogP contribution in [0.1, 0.15) is 36.9 Å². The normalized spacial score (nSPS) is 18.6. The highest BCUT2D eigenvalue weighted by Gasteiger charge is 2.26. The van der Waals surface area contributed by atoms with E-state index in [-0.39, 0.29) is 5.91 Å². The van der Waals surface area contributed by atoms with E-state index < -0.39 is 0 Å². The van der Waals surface area contributed by atoms with Gasteiger partial charge in [-0.05, 0) is 24.5 Å². The van der Waals surface area contributed by atoms with Crippen molar-refractivity contribution < 1.29 is 4.79 Å². The molecular weight excluding hydrogens is 322 g/mol. The van der Waals surface area contributed by atoms with Gasteiger partial charge < -0.3 is 10.6 Å². The van der Waals surface area contributed by atoms with Crippen LogP contribution in [0.25, 0.3) is 0 Å². The Balaban J connectivity index is 1.34. The quantitative estimate of drug-likeness (QED) is 0.768. The fourth-order valence-corrected chi connectivity index (χ4v) is 3.52. The summed E-state index contributed by atoms with van der Waals surface area (Å²) in [6, 6.07) is 21.6. The standard InChI is InChI=1S/C22H29N3O/c1-18(20-10-6-3-7-11-20)25-15-13-21(17-25)23-14-12-22(26)24-16-19-8-4-2-5-9-19/h2-11,18,21,23H,12-17H2,1H3,(H,24,26)/t18-,21-/m0/s1. The molecule has 4 nitrogen and oxygen atoms in total. The predicted molar refractivity (Wildman–Crippen MR) is 106 cm³/mol. The van der Waals surface area contributed by atoms with Gasteiger partial charge >= 0.3 is 0 Å². The van der Waals surface area contributed by atoms with Crippen LogP contribution in [-0.4, -0.2) is 36.5 Å². The van der Waals surface area contributed by atoms with E-state index >= 15 is 0 Å². The smallest absolute Gasteiger partial charge is 0.221 e. The summed E-state index contributed by atoms with van der Waals surface area (Å²) in [4.78, 5) is 14.5. The number of benzene rings is 2. The van der Waals surface area contributed by atoms with E-state index in [4.69, 9.17) is 0 Å². The highest BCUT2D eigenvalue weighted by Crippen LogP contribution is 2.24. The minimum absolute atomic E-state index is 0.105. The Kier molecular flexibility index (Phi) is 6.81. The van der Waals surface area contributed by atoms with Gasteiger partial charge in [-0.15, -0.1) is 0 Å². The monoisotopic (exact) mass is 351 g/mol. The molecule has 3 rings (SSSR count). The summed E-state index contributed by atoms with van der Waals surface area (Å²) in [7, 11) is 0. The third-order valence-corrected chi connectivity index (χ3v) is 5.17. The molecule has 0 saturated carbocycles. The Bertz CT molecular complexity index is 674. The van der Waals surface area contributed by atoms with Gasteiger partial charge in [-0.3, -0.25) is 9.69 Å². The van der Waals surface area contributed by atoms with Crippen LogP contribution < -0.4 is 10.6 Å². The maximum absolute atomic E-state index is 12.0. The summed E-state index contributed by atoms with van der Waals surface area (Å²) in [6.45, 7) is 5.76. The van der Waals surface area contributed by atoms with E-state index in [0.717, 1.165) is 31.6 Å². The molecule has 1 aliphatic heterocycles. The predicted octanol–water partition coefficient (Wildman–Crippen LogP) is 3.12. The van der Waals surface area contributed by atoms with Gasteiger partial charge in [-0.25, -0.2) is 0 Å². The number of nitrogens with one attached hydrogen (secondary N) is 2. The van der Waals surface area contributed by atoms with Gasteiger partial charge in [0, 0.05) is 44.7 Å². The molecule has 138 valence electrons. The molecule has 1 fully saturated rings. The zero-order chi connectivity index (χ0) is 18.2. The molecule has 1 heterocycles. The molecule has 1 saturated heterocycles. The van der Waals surface area contributed by atoms with E-state index in [2.05, 4.69) is 52.8 Å². The Morgan fingerprint density at radius 2 is 1.81 bits per heavy atom. The Morgan fingerprint density at radius 1 is 1.12 bits per heavy atom. The number of carbonyl (C=O) groups excluding carboxylic acids is 1. The molecule has 1 amide bonds. The lowest BCUT2D eigenvalue weighted by Crippen LogP contribution is -2.36. The molecule has 0 aliphatic carbocycles. The molecule has 0 unspecified atom stereocenters. The van der Waals surface area contributed by atoms with Crippen LogP contribution in [0.5, 0.6) is 0 Å². The molecule has 2 atom stereocenters. The first-order valence-corrected chi connectivity index (χ1v) is 9.55. The van der Waals surface area contributed by atoms with Crippen LogP contribution in [0.3, 0.4) is 0 Å². The van der Waals surface area contributed by atoms with E-state index in [1.54, 1.807) is 0 Å². The van der Waals surface area contributed by atoms with Gasteiger partial charge in [0.05, 0.1) is 0 Å². The Labute approximate surface area is 156 Å². The zero-order valence-electron chi connectivity index (χ0n) is 15.5. The van der Waals surface area contributed by atoms with Crippen LogP contribution in [0.4, 0.5) is 0 Å². The van der Waals surface area contributed by atoms with Crippen molar-refractivity contribution in [3.05, 3.63) is 71.8 Å². The summed E-state index contributed by atoms with van der Waals surface area (Å²) in [5, 5.41) is 6.53. The van der Waals surface area contributed by atoms with Crippen molar-refractivity contribution in [1.82, 2.24) is 15.5 Å². The minimum Gasteiger partial charge on any atom is -0.352 e. The van der Waals surface area contributed by atoms with Crippen LogP contribution in [0.15, 0.2) is 60.7 Å². The highest BCUT2D eigenvalue weighted by atomic mass is 16.1. The van der Waals surface area contributed by atoms with E-state index in [1.807, 2.05) is 30.3 Å². The van der Waals surface area contributed by atoms with Gasteiger partial charge in [0.2, 0.25) is 5.91 Å². The zero-order valence-corrected chi connectivity index (χ0v) is 15.5. The summed E-state index contributed by atoms with van der Waals surface area (Å²) >= 11 is 0. The first-order valence-electron chi connectivity index (χ1n) is 9.55. The van der Waals surface area contributed by atoms with Gasteiger partial charge in [0.1, 0.15) is 0 Å². The fourth-order valence-electron chi connectivity index (χ4n) is 3.52. The fraction of sp³-hybridized carbons (Fsp3) is 0.409. The first kappa shape index (κ1) is 18.6. The summed E-state index contributed by atoms with van der Waals surface area (Å²) in [5.41, 5.74) is 2.50. The molecule has 0 spiro atoms. The van der Waals surface area contributed by atoms with Gasteiger partial charge in [0.25, 0.3) is 0 Å². The lowest BCUT2D eigenvalue weighted by molar-refractivity contribution is -0.121. The van der Waals surface area contributed by atoms with E-state index in [1.165, 1.54) is 5.56 Å². The Morgan fingerprint density at radius 3 is 2.54 bits per heavy atom. The maximum Gasteiger partial charge on any atom is 0.221 e. The SMILES string of the molecule is C[C@@H](c1ccccc1)N1CC[C@H](NCCC(=O)NCc2ccccc2)C1. The van der Waals surface area contributed by atoms with Gasteiger partial charge in [-0.2, -0.15) is 0 Å². The first-order chi connectivity index (χ1) is 12.7. The number of carbonyl (C=O) groups is 1. The molecule has 4 heteroatoms. The van der Waals surface area contributed by atoms with E-state index in [0.29, 0.717) is 25.0 Å². The molecule has 2 aromatic rings. The third kappa shape index (κ3) is 5.41. The van der Waals surface area contributed by atoms with Crippen LogP contribution in [0, 0.1) is 0 Å². The maximum atomic E-state index is 12.0. The van der Waals surface area contributed by atoms with Crippen molar-refractivity contribution >= 4 is 5.91 Å². The van der Waals surface area contributed by atoms with Crippen LogP contribution in [0.2, 0.25) is 0 Å². The highest BCUT2D eigenvalue weighted by molar-refractivity contribution is 5.76. The minimum atomic E-state index is 0.105. The number of likely N-dealkylation sites (tertiary alicyclic amines) is 1. The molecule has 0 bridgehead atoms. The summed E-state index contributed by atoms with van der Waals surface area (Å²) in [6.07, 6.45) is 1.67. The lowest BCUT2D eigenvalue weighted by atomic mass is 10.1. The average Bonchev–Trinajstić information content (AvgIpc) is 3.16. The average molecular weight is 351 g/mol. The second kappa shape index (κ2) is 9.51. The largest absolute Gasteiger partial charge is 0.352 e. The van der Waals surface area contributed by atoms with Crippen molar-refractivity contribution in [1.29, 1.82) is 0 Å². The molecular formula is C22H29N3O. The van der Waals surface area contributed by atoms with E-state index in [9.17, 15) is 4.79 Å². The second-order valence-corrected chi connectivity index (χ2v) is 7.03. The van der Waals surface area contributed by atoms with Crippen molar-refractivity contribution in [2.45, 2.75) is 38.4 Å². The molecule has 1 aliphatic rings. The number of hydrogen-bond acceptors (Lipinski definition) is 3. The molecule has 0 radical (unpaired) electrons. The van der Waals surface area contributed by atoms with Crippen molar-refractivity contribution in [3.8, 4) is 0 Å². The lowest BCUT2D eigenvalue weighted by Gasteiger charge is -2.24. The number of hydrogen-bond donors (Lipinski definition) is 2. The van der Waals surface area contributed by atoms with Gasteiger partial charge in [0.15, 0.2) is 0 Å². The second-order valence-electron chi connectivity index (χ2n) is 7.03. The number of amides is 1. The van der Waals surface area contributed by atoms with Crippen LogP contribution >= 0.6 is 0 Å². The van der Waals surface area contributed by atoms with Crippen molar-refractivity contribution in [3.63, 3.8) is 0 Å². The molecule has 0 aromatic heterocycles. The van der Waals surface area contributed by atoms with Crippen molar-refractivity contribution in [2.75, 3.05) is 19.6 Å². The molecule has 26 heavy (non-hydrogen) atoms. The van der Waals surface area contributed by atoms with Crippen molar-refractivity contribution in [2.24, 2.45) is 0 Å². The van der Waals surface area contributed by atoms with Gasteiger partial charge in [-0.1, -0.05) is 60.7 Å².